The first-order valence-corrected chi connectivity index (χ1v) is 8.83. The molecule has 7 nitrogen and oxygen atoms in total. The molecule has 3 aromatic heterocycles. The minimum absolute atomic E-state index is 0.0323. The minimum atomic E-state index is -0.0323. The zero-order valence-corrected chi connectivity index (χ0v) is 14.7. The van der Waals surface area contributed by atoms with Crippen molar-refractivity contribution in [2.45, 2.75) is 19.4 Å². The van der Waals surface area contributed by atoms with E-state index in [1.54, 1.807) is 12.4 Å². The summed E-state index contributed by atoms with van der Waals surface area (Å²) in [6, 6.07) is 13.9. The molecule has 0 atom stereocenters. The van der Waals surface area contributed by atoms with Crippen LogP contribution in [0.1, 0.15) is 12.3 Å². The Balaban J connectivity index is 1.25. The Hall–Kier alpha value is -3.48. The summed E-state index contributed by atoms with van der Waals surface area (Å²) in [5, 5.41) is 8.08. The summed E-state index contributed by atoms with van der Waals surface area (Å²) < 4.78 is 7.35. The van der Waals surface area contributed by atoms with Gasteiger partial charge in [0.25, 0.3) is 0 Å². The van der Waals surface area contributed by atoms with Gasteiger partial charge in [-0.3, -0.25) is 9.78 Å². The van der Waals surface area contributed by atoms with E-state index in [2.05, 4.69) is 43.2 Å². The smallest absolute Gasteiger partial charge is 0.227 e. The van der Waals surface area contributed by atoms with E-state index in [1.807, 2.05) is 30.5 Å². The molecule has 3 heterocycles. The summed E-state index contributed by atoms with van der Waals surface area (Å²) in [6.07, 6.45) is 6.11. The van der Waals surface area contributed by atoms with Gasteiger partial charge in [0.1, 0.15) is 0 Å². The Bertz CT molecular complexity index is 1040. The van der Waals surface area contributed by atoms with Crippen LogP contribution in [-0.4, -0.2) is 32.1 Å². The van der Waals surface area contributed by atoms with Crippen LogP contribution in [0.4, 0.5) is 0 Å². The molecule has 0 saturated carbocycles. The molecule has 1 N–H and O–H groups in total. The second-order valence-corrected chi connectivity index (χ2v) is 6.17. The fourth-order valence-electron chi connectivity index (χ4n) is 2.93. The van der Waals surface area contributed by atoms with Crippen LogP contribution >= 0.6 is 0 Å². The molecule has 0 saturated heterocycles. The fraction of sp³-hybridized carbons (Fsp3) is 0.200. The number of aromatic nitrogens is 4. The number of hydrogen-bond acceptors (Lipinski definition) is 5. The molecule has 0 fully saturated rings. The quantitative estimate of drug-likeness (QED) is 0.547. The Morgan fingerprint density at radius 3 is 2.85 bits per heavy atom. The highest BCUT2D eigenvalue weighted by Gasteiger charge is 2.10. The minimum Gasteiger partial charge on any atom is -0.354 e. The van der Waals surface area contributed by atoms with Gasteiger partial charge in [-0.2, -0.15) is 4.98 Å². The lowest BCUT2D eigenvalue weighted by Gasteiger charge is -2.07. The number of benzene rings is 1. The number of aryl methyl sites for hydroxylation is 1. The predicted molar refractivity (Wildman–Crippen MR) is 101 cm³/mol. The number of carbonyl (C=O) groups is 1. The Labute approximate surface area is 156 Å². The number of rotatable bonds is 7. The van der Waals surface area contributed by atoms with Crippen LogP contribution in [0.25, 0.3) is 22.3 Å². The maximum atomic E-state index is 12.1. The van der Waals surface area contributed by atoms with Crippen molar-refractivity contribution in [3.8, 4) is 11.4 Å². The van der Waals surface area contributed by atoms with Crippen LogP contribution in [0.15, 0.2) is 65.6 Å². The third-order valence-corrected chi connectivity index (χ3v) is 4.33. The van der Waals surface area contributed by atoms with Crippen LogP contribution in [0.3, 0.4) is 0 Å². The van der Waals surface area contributed by atoms with Gasteiger partial charge in [0.15, 0.2) is 0 Å². The largest absolute Gasteiger partial charge is 0.354 e. The van der Waals surface area contributed by atoms with Crippen molar-refractivity contribution in [1.29, 1.82) is 0 Å². The van der Waals surface area contributed by atoms with Crippen molar-refractivity contribution < 1.29 is 9.32 Å². The van der Waals surface area contributed by atoms with Gasteiger partial charge in [-0.15, -0.1) is 0 Å². The highest BCUT2D eigenvalue weighted by molar-refractivity contribution is 5.80. The molecule has 0 aliphatic carbocycles. The molecule has 0 unspecified atom stereocenters. The van der Waals surface area contributed by atoms with E-state index >= 15 is 0 Å². The normalized spacial score (nSPS) is 11.0. The molecule has 7 heteroatoms. The van der Waals surface area contributed by atoms with E-state index in [0.717, 1.165) is 12.1 Å². The van der Waals surface area contributed by atoms with E-state index in [9.17, 15) is 4.79 Å². The second kappa shape index (κ2) is 7.82. The number of carbonyl (C=O) groups excluding carboxylic acids is 1. The lowest BCUT2D eigenvalue weighted by molar-refractivity contribution is -0.121. The van der Waals surface area contributed by atoms with Gasteiger partial charge in [-0.25, -0.2) is 0 Å². The van der Waals surface area contributed by atoms with Gasteiger partial charge in [0.05, 0.1) is 0 Å². The average Bonchev–Trinajstić information content (AvgIpc) is 3.35. The summed E-state index contributed by atoms with van der Waals surface area (Å²) in [6.45, 7) is 1.30. The fourth-order valence-corrected chi connectivity index (χ4v) is 2.93. The van der Waals surface area contributed by atoms with Crippen LogP contribution in [0.2, 0.25) is 0 Å². The number of nitrogens with zero attached hydrogens (tertiary/aromatic N) is 4. The van der Waals surface area contributed by atoms with Crippen molar-refractivity contribution in [2.75, 3.05) is 6.54 Å². The van der Waals surface area contributed by atoms with Crippen LogP contribution in [0.5, 0.6) is 0 Å². The van der Waals surface area contributed by atoms with Gasteiger partial charge in [-0.05, 0) is 29.7 Å². The molecule has 0 spiro atoms. The molecule has 4 rings (SSSR count). The average molecular weight is 361 g/mol. The number of pyridine rings is 1. The number of hydrogen-bond donors (Lipinski definition) is 1. The summed E-state index contributed by atoms with van der Waals surface area (Å²) in [5.74, 6) is 0.927. The standard InChI is InChI=1S/C20H19N5O2/c26-18(22-12-14-25-13-9-15-3-1-2-4-17(15)25)5-6-19-23-20(24-27-19)16-7-10-21-11-8-16/h1-4,7-11,13H,5-6,12,14H2,(H,22,26). The van der Waals surface area contributed by atoms with E-state index in [-0.39, 0.29) is 5.91 Å². The molecule has 4 aromatic rings. The van der Waals surface area contributed by atoms with Crippen molar-refractivity contribution >= 4 is 16.8 Å². The Morgan fingerprint density at radius 1 is 1.11 bits per heavy atom. The summed E-state index contributed by atoms with van der Waals surface area (Å²) >= 11 is 0. The molecule has 0 radical (unpaired) electrons. The maximum Gasteiger partial charge on any atom is 0.227 e. The van der Waals surface area contributed by atoms with Crippen LogP contribution < -0.4 is 5.32 Å². The molecule has 136 valence electrons. The SMILES string of the molecule is O=C(CCc1nc(-c2ccncc2)no1)NCCn1ccc2ccccc21. The molecule has 1 amide bonds. The van der Waals surface area contributed by atoms with E-state index < -0.39 is 0 Å². The summed E-state index contributed by atoms with van der Waals surface area (Å²) in [5.41, 5.74) is 2.00. The van der Waals surface area contributed by atoms with Crippen LogP contribution in [-0.2, 0) is 17.8 Å². The van der Waals surface area contributed by atoms with E-state index in [1.165, 1.54) is 10.9 Å². The van der Waals surface area contributed by atoms with E-state index in [4.69, 9.17) is 4.52 Å². The third-order valence-electron chi connectivity index (χ3n) is 4.33. The molecule has 0 aliphatic heterocycles. The van der Waals surface area contributed by atoms with Crippen molar-refractivity contribution in [1.82, 2.24) is 25.0 Å². The van der Waals surface area contributed by atoms with Crippen LogP contribution in [0, 0.1) is 0 Å². The lowest BCUT2D eigenvalue weighted by atomic mass is 10.2. The first-order chi connectivity index (χ1) is 13.3. The van der Waals surface area contributed by atoms with Gasteiger partial charge in [0.2, 0.25) is 17.6 Å². The predicted octanol–water partition coefficient (Wildman–Crippen LogP) is 2.84. The number of amides is 1. The molecule has 1 aromatic carbocycles. The summed E-state index contributed by atoms with van der Waals surface area (Å²) in [4.78, 5) is 20.3. The number of para-hydroxylation sites is 1. The zero-order valence-electron chi connectivity index (χ0n) is 14.7. The second-order valence-electron chi connectivity index (χ2n) is 6.17. The molecule has 0 aliphatic rings. The Morgan fingerprint density at radius 2 is 1.96 bits per heavy atom. The lowest BCUT2D eigenvalue weighted by Crippen LogP contribution is -2.27. The first kappa shape index (κ1) is 17.0. The van der Waals surface area contributed by atoms with Gasteiger partial charge in [0, 0.05) is 55.6 Å². The van der Waals surface area contributed by atoms with Crippen molar-refractivity contribution in [2.24, 2.45) is 0 Å². The summed E-state index contributed by atoms with van der Waals surface area (Å²) in [7, 11) is 0. The maximum absolute atomic E-state index is 12.1. The molecule has 0 bridgehead atoms. The molecular weight excluding hydrogens is 342 g/mol. The monoisotopic (exact) mass is 361 g/mol. The van der Waals surface area contributed by atoms with Crippen molar-refractivity contribution in [3.63, 3.8) is 0 Å². The van der Waals surface area contributed by atoms with Crippen molar-refractivity contribution in [3.05, 3.63) is 66.9 Å². The highest BCUT2D eigenvalue weighted by Crippen LogP contribution is 2.15. The molecule has 27 heavy (non-hydrogen) atoms. The number of fused-ring (bicyclic) bond motifs is 1. The topological polar surface area (TPSA) is 85.8 Å². The van der Waals surface area contributed by atoms with E-state index in [0.29, 0.717) is 31.1 Å². The molecular formula is C20H19N5O2. The van der Waals surface area contributed by atoms with Gasteiger partial charge in [-0.1, -0.05) is 23.4 Å². The van der Waals surface area contributed by atoms with Gasteiger partial charge >= 0.3 is 0 Å². The number of nitrogens with one attached hydrogen (secondary N) is 1. The third kappa shape index (κ3) is 4.03. The zero-order chi connectivity index (χ0) is 18.5. The first-order valence-electron chi connectivity index (χ1n) is 8.83. The highest BCUT2D eigenvalue weighted by atomic mass is 16.5. The van der Waals surface area contributed by atoms with Gasteiger partial charge < -0.3 is 14.4 Å². The Kier molecular flexibility index (Phi) is 4.91.